The maximum absolute atomic E-state index is 13.5. The van der Waals surface area contributed by atoms with Crippen LogP contribution in [0.5, 0.6) is 0 Å². The minimum atomic E-state index is -5.08. The number of hydrogen-bond acceptors (Lipinski definition) is 5. The van der Waals surface area contributed by atoms with E-state index < -0.39 is 12.1 Å². The highest BCUT2D eigenvalue weighted by molar-refractivity contribution is 6.42. The summed E-state index contributed by atoms with van der Waals surface area (Å²) in [6.07, 6.45) is -1.66. The van der Waals surface area contributed by atoms with Gasteiger partial charge in [0.1, 0.15) is 5.15 Å². The summed E-state index contributed by atoms with van der Waals surface area (Å²) in [6, 6.07) is 8.58. The fourth-order valence-corrected chi connectivity index (χ4v) is 5.65. The van der Waals surface area contributed by atoms with Gasteiger partial charge in [0.15, 0.2) is 0 Å². The first-order valence-corrected chi connectivity index (χ1v) is 14.4. The molecule has 0 aliphatic carbocycles. The Balaban J connectivity index is 0.000000646. The fourth-order valence-electron chi connectivity index (χ4n) is 5.23. The van der Waals surface area contributed by atoms with Crippen molar-refractivity contribution in [2.45, 2.75) is 44.3 Å². The lowest BCUT2D eigenvalue weighted by Crippen LogP contribution is -2.53. The third kappa shape index (κ3) is 8.96. The first-order valence-electron chi connectivity index (χ1n) is 13.3. The third-order valence-electron chi connectivity index (χ3n) is 7.58. The van der Waals surface area contributed by atoms with E-state index in [9.17, 15) is 27.6 Å². The molecule has 0 unspecified atom stereocenters. The maximum atomic E-state index is 13.5. The fraction of sp³-hybridized carbons (Fsp3) is 0.464. The molecule has 2 fully saturated rings. The summed E-state index contributed by atoms with van der Waals surface area (Å²) >= 11 is 18.4. The van der Waals surface area contributed by atoms with Crippen LogP contribution >= 0.6 is 34.8 Å². The molecule has 2 aliphatic heterocycles. The average Bonchev–Trinajstić information content (AvgIpc) is 2.97. The SMILES string of the molecule is CC(=O)N1CCC(C(=O)N2CC[C@@H](N(C)C(=O)c3ccc(Cl)nc3)[C@H](c3ccc(Cl)c(Cl)c3)C2)CC1.O=C(O)C(F)(F)F. The number of halogens is 6. The van der Waals surface area contributed by atoms with Crippen LogP contribution in [0.25, 0.3) is 0 Å². The van der Waals surface area contributed by atoms with Crippen LogP contribution in [0.15, 0.2) is 36.5 Å². The van der Waals surface area contributed by atoms with Gasteiger partial charge in [-0.1, -0.05) is 40.9 Å². The van der Waals surface area contributed by atoms with Crippen molar-refractivity contribution in [3.8, 4) is 0 Å². The van der Waals surface area contributed by atoms with Gasteiger partial charge in [-0.15, -0.1) is 0 Å². The van der Waals surface area contributed by atoms with Crippen molar-refractivity contribution in [3.05, 3.63) is 62.9 Å². The molecule has 2 aliphatic rings. The van der Waals surface area contributed by atoms with Crippen LogP contribution < -0.4 is 0 Å². The van der Waals surface area contributed by atoms with Gasteiger partial charge in [-0.2, -0.15) is 13.2 Å². The molecule has 9 nitrogen and oxygen atoms in total. The second-order valence-electron chi connectivity index (χ2n) is 10.3. The van der Waals surface area contributed by atoms with E-state index in [-0.39, 0.29) is 35.6 Å². The van der Waals surface area contributed by atoms with Gasteiger partial charge >= 0.3 is 12.1 Å². The number of hydrogen-bond donors (Lipinski definition) is 1. The highest BCUT2D eigenvalue weighted by Crippen LogP contribution is 2.35. The largest absolute Gasteiger partial charge is 0.490 e. The quantitative estimate of drug-likeness (QED) is 0.439. The smallest absolute Gasteiger partial charge is 0.475 e. The zero-order chi connectivity index (χ0) is 32.1. The predicted octanol–water partition coefficient (Wildman–Crippen LogP) is 5.39. The van der Waals surface area contributed by atoms with Gasteiger partial charge in [-0.05, 0) is 49.1 Å². The van der Waals surface area contributed by atoms with Crippen LogP contribution in [-0.4, -0.2) is 93.9 Å². The summed E-state index contributed by atoms with van der Waals surface area (Å²) < 4.78 is 31.7. The first kappa shape index (κ1) is 34.4. The summed E-state index contributed by atoms with van der Waals surface area (Å²) in [5, 5.41) is 8.34. The minimum Gasteiger partial charge on any atom is -0.475 e. The normalized spacial score (nSPS) is 19.3. The number of carboxylic acids is 1. The monoisotopic (exact) mass is 664 g/mol. The average molecular weight is 666 g/mol. The van der Waals surface area contributed by atoms with Gasteiger partial charge in [0, 0.05) is 64.2 Å². The highest BCUT2D eigenvalue weighted by atomic mass is 35.5. The van der Waals surface area contributed by atoms with E-state index >= 15 is 0 Å². The molecule has 3 heterocycles. The van der Waals surface area contributed by atoms with Crippen LogP contribution in [0.4, 0.5) is 13.2 Å². The number of likely N-dealkylation sites (N-methyl/N-ethyl adjacent to an activating group) is 1. The number of aromatic nitrogens is 1. The number of aliphatic carboxylic acids is 1. The predicted molar refractivity (Wildman–Crippen MR) is 154 cm³/mol. The summed E-state index contributed by atoms with van der Waals surface area (Å²) in [6.45, 7) is 3.78. The highest BCUT2D eigenvalue weighted by Gasteiger charge is 2.40. The van der Waals surface area contributed by atoms with Crippen molar-refractivity contribution >= 4 is 58.5 Å². The van der Waals surface area contributed by atoms with Gasteiger partial charge in [0.2, 0.25) is 11.8 Å². The van der Waals surface area contributed by atoms with Gasteiger partial charge in [-0.3, -0.25) is 14.4 Å². The van der Waals surface area contributed by atoms with Crippen molar-refractivity contribution in [1.29, 1.82) is 0 Å². The number of rotatable bonds is 4. The molecule has 0 saturated carbocycles. The third-order valence-corrected chi connectivity index (χ3v) is 8.55. The Morgan fingerprint density at radius 2 is 1.56 bits per heavy atom. The number of likely N-dealkylation sites (tertiary alicyclic amines) is 2. The number of pyridine rings is 1. The van der Waals surface area contributed by atoms with Crippen molar-refractivity contribution in [1.82, 2.24) is 19.7 Å². The molecule has 234 valence electrons. The Bertz CT molecular complexity index is 1340. The Kier molecular flexibility index (Phi) is 11.7. The molecule has 1 N–H and O–H groups in total. The van der Waals surface area contributed by atoms with Crippen molar-refractivity contribution in [2.75, 3.05) is 33.2 Å². The van der Waals surface area contributed by atoms with E-state index in [0.717, 1.165) is 5.56 Å². The Morgan fingerprint density at radius 3 is 2.07 bits per heavy atom. The van der Waals surface area contributed by atoms with Crippen molar-refractivity contribution < 1.29 is 37.5 Å². The Morgan fingerprint density at radius 1 is 0.953 bits per heavy atom. The number of amides is 3. The van der Waals surface area contributed by atoms with Crippen LogP contribution in [0.2, 0.25) is 15.2 Å². The lowest BCUT2D eigenvalue weighted by atomic mass is 9.83. The summed E-state index contributed by atoms with van der Waals surface area (Å²) in [5.74, 6) is -3.02. The van der Waals surface area contributed by atoms with Crippen LogP contribution in [0.3, 0.4) is 0 Å². The zero-order valence-electron chi connectivity index (χ0n) is 23.3. The first-order chi connectivity index (χ1) is 20.1. The number of alkyl halides is 3. The molecule has 3 amide bonds. The molecule has 0 spiro atoms. The summed E-state index contributed by atoms with van der Waals surface area (Å²) in [7, 11) is 1.78. The van der Waals surface area contributed by atoms with Crippen LogP contribution in [-0.2, 0) is 14.4 Å². The molecule has 0 bridgehead atoms. The topological polar surface area (TPSA) is 111 Å². The molecule has 15 heteroatoms. The van der Waals surface area contributed by atoms with Gasteiger partial charge in [0.25, 0.3) is 5.91 Å². The van der Waals surface area contributed by atoms with E-state index in [1.807, 2.05) is 17.0 Å². The number of piperidine rings is 2. The zero-order valence-corrected chi connectivity index (χ0v) is 25.6. The van der Waals surface area contributed by atoms with E-state index in [1.54, 1.807) is 42.0 Å². The van der Waals surface area contributed by atoms with E-state index in [2.05, 4.69) is 4.98 Å². The maximum Gasteiger partial charge on any atom is 0.490 e. The number of carbonyl (C=O) groups excluding carboxylic acids is 3. The standard InChI is InChI=1S/C26H29Cl3N4O3.C2HF3O2/c1-16(34)32-10-7-17(8-11-32)26(36)33-12-9-23(20(15-33)18-3-5-21(27)22(28)13-18)31(2)25(35)19-4-6-24(29)30-14-19;3-2(4,5)1(6)7/h3-6,13-14,17,20,23H,7-12,15H2,1-2H3;(H,6,7)/t20-,23+;/m0./s1. The number of carboxylic acid groups (broad SMARTS) is 1. The van der Waals surface area contributed by atoms with Crippen molar-refractivity contribution in [3.63, 3.8) is 0 Å². The van der Waals surface area contributed by atoms with Gasteiger partial charge < -0.3 is 19.8 Å². The molecule has 2 saturated heterocycles. The summed E-state index contributed by atoms with van der Waals surface area (Å²) in [4.78, 5) is 56.8. The number of benzene rings is 1. The van der Waals surface area contributed by atoms with Crippen LogP contribution in [0, 0.1) is 5.92 Å². The summed E-state index contributed by atoms with van der Waals surface area (Å²) in [5.41, 5.74) is 1.37. The van der Waals surface area contributed by atoms with Gasteiger partial charge in [-0.25, -0.2) is 9.78 Å². The second-order valence-corrected chi connectivity index (χ2v) is 11.5. The van der Waals surface area contributed by atoms with Crippen LogP contribution in [0.1, 0.15) is 48.0 Å². The lowest BCUT2D eigenvalue weighted by Gasteiger charge is -2.44. The molecular formula is C28H30Cl3F3N4O5. The molecule has 1 aromatic carbocycles. The minimum absolute atomic E-state index is 0.0463. The molecule has 0 radical (unpaired) electrons. The Hall–Kier alpha value is -3.09. The van der Waals surface area contributed by atoms with E-state index in [4.69, 9.17) is 44.7 Å². The van der Waals surface area contributed by atoms with Crippen molar-refractivity contribution in [2.24, 2.45) is 5.92 Å². The second kappa shape index (κ2) is 14.6. The molecule has 43 heavy (non-hydrogen) atoms. The molecular weight excluding hydrogens is 636 g/mol. The molecule has 1 aromatic heterocycles. The molecule has 2 atom stereocenters. The number of carbonyl (C=O) groups is 4. The van der Waals surface area contributed by atoms with Gasteiger partial charge in [0.05, 0.1) is 15.6 Å². The number of nitrogens with zero attached hydrogens (tertiary/aromatic N) is 4. The molecule has 2 aromatic rings. The van der Waals surface area contributed by atoms with E-state index in [0.29, 0.717) is 66.2 Å². The van der Waals surface area contributed by atoms with E-state index in [1.165, 1.54) is 6.20 Å². The molecule has 4 rings (SSSR count). The Labute approximate surface area is 261 Å². The lowest BCUT2D eigenvalue weighted by molar-refractivity contribution is -0.192.